The molecule has 11 heteroatoms. The Kier molecular flexibility index (Phi) is 6.35. The van der Waals surface area contributed by atoms with Crippen molar-refractivity contribution in [1.29, 1.82) is 0 Å². The average Bonchev–Trinajstić information content (AvgIpc) is 2.61. The SMILES string of the molecule is O=C(CCSc1ccc(F)c(F)c1)NNc1c(F)c(F)c(F)c(F)c1F. The Labute approximate surface area is 146 Å². The lowest BCUT2D eigenvalue weighted by Gasteiger charge is -2.11. The third kappa shape index (κ3) is 4.40. The normalized spacial score (nSPS) is 10.7. The highest BCUT2D eigenvalue weighted by Gasteiger charge is 2.25. The summed E-state index contributed by atoms with van der Waals surface area (Å²) >= 11 is 0.993. The summed E-state index contributed by atoms with van der Waals surface area (Å²) in [7, 11) is 0. The highest BCUT2D eigenvalue weighted by Crippen LogP contribution is 2.26. The van der Waals surface area contributed by atoms with Crippen LogP contribution in [-0.2, 0) is 4.79 Å². The fraction of sp³-hybridized carbons (Fsp3) is 0.133. The molecule has 0 spiro atoms. The molecule has 0 unspecified atom stereocenters. The molecule has 0 radical (unpaired) electrons. The van der Waals surface area contributed by atoms with Crippen LogP contribution in [0, 0.1) is 40.7 Å². The Morgan fingerprint density at radius 2 is 1.42 bits per heavy atom. The molecule has 0 aliphatic heterocycles. The minimum absolute atomic E-state index is 0.0791. The van der Waals surface area contributed by atoms with Crippen molar-refractivity contribution in [2.75, 3.05) is 11.2 Å². The van der Waals surface area contributed by atoms with Crippen LogP contribution in [0.5, 0.6) is 0 Å². The Morgan fingerprint density at radius 1 is 0.846 bits per heavy atom. The summed E-state index contributed by atoms with van der Waals surface area (Å²) in [6.07, 6.45) is -0.244. The lowest BCUT2D eigenvalue weighted by atomic mass is 10.2. The number of carbonyl (C=O) groups is 1. The van der Waals surface area contributed by atoms with E-state index in [2.05, 4.69) is 0 Å². The van der Waals surface area contributed by atoms with Crippen molar-refractivity contribution < 1.29 is 35.5 Å². The van der Waals surface area contributed by atoms with E-state index in [1.807, 2.05) is 0 Å². The fourth-order valence-corrected chi connectivity index (χ4v) is 2.61. The molecule has 0 aliphatic rings. The Balaban J connectivity index is 1.90. The number of halogens is 7. The van der Waals surface area contributed by atoms with Crippen LogP contribution in [0.3, 0.4) is 0 Å². The van der Waals surface area contributed by atoms with Crippen LogP contribution in [0.1, 0.15) is 6.42 Å². The molecule has 0 atom stereocenters. The standard InChI is InChI=1S/C15H9F7N2OS/c16-7-2-1-6(5-8(7)17)26-4-3-9(25)23-24-15-13(21)11(19)10(18)12(20)14(15)22/h1-2,5,24H,3-4H2,(H,23,25). The summed E-state index contributed by atoms with van der Waals surface area (Å²) < 4.78 is 91.4. The first-order valence-corrected chi connectivity index (χ1v) is 7.85. The van der Waals surface area contributed by atoms with E-state index in [1.54, 1.807) is 10.9 Å². The average molecular weight is 398 g/mol. The van der Waals surface area contributed by atoms with Crippen molar-refractivity contribution in [3.05, 3.63) is 58.9 Å². The second-order valence-electron chi connectivity index (χ2n) is 4.79. The van der Waals surface area contributed by atoms with Gasteiger partial charge in [0.25, 0.3) is 0 Å². The van der Waals surface area contributed by atoms with E-state index < -0.39 is 52.3 Å². The van der Waals surface area contributed by atoms with Gasteiger partial charge < -0.3 is 0 Å². The maximum absolute atomic E-state index is 13.4. The molecule has 2 N–H and O–H groups in total. The Hall–Kier alpha value is -2.43. The van der Waals surface area contributed by atoms with Gasteiger partial charge in [0.1, 0.15) is 5.69 Å². The molecule has 1 amide bonds. The largest absolute Gasteiger partial charge is 0.293 e. The monoisotopic (exact) mass is 398 g/mol. The maximum Gasteiger partial charge on any atom is 0.239 e. The number of carbonyl (C=O) groups excluding carboxylic acids is 1. The van der Waals surface area contributed by atoms with Gasteiger partial charge in [0.05, 0.1) is 0 Å². The third-order valence-electron chi connectivity index (χ3n) is 3.03. The van der Waals surface area contributed by atoms with E-state index in [4.69, 9.17) is 0 Å². The highest BCUT2D eigenvalue weighted by atomic mass is 32.2. The smallest absolute Gasteiger partial charge is 0.239 e. The molecule has 2 rings (SSSR count). The first-order valence-electron chi connectivity index (χ1n) is 6.86. The lowest BCUT2D eigenvalue weighted by molar-refractivity contribution is -0.120. The number of hydrogen-bond donors (Lipinski definition) is 2. The van der Waals surface area contributed by atoms with Crippen LogP contribution in [0.2, 0.25) is 0 Å². The number of rotatable bonds is 6. The number of anilines is 1. The zero-order valence-corrected chi connectivity index (χ0v) is 13.4. The minimum atomic E-state index is -2.32. The van der Waals surface area contributed by atoms with Crippen molar-refractivity contribution in [3.8, 4) is 0 Å². The van der Waals surface area contributed by atoms with Gasteiger partial charge in [0.15, 0.2) is 34.9 Å². The predicted molar refractivity (Wildman–Crippen MR) is 79.7 cm³/mol. The third-order valence-corrected chi connectivity index (χ3v) is 4.02. The van der Waals surface area contributed by atoms with Gasteiger partial charge in [-0.15, -0.1) is 11.8 Å². The molecule has 0 aromatic heterocycles. The summed E-state index contributed by atoms with van der Waals surface area (Å²) in [5, 5.41) is 0. The fourth-order valence-electron chi connectivity index (χ4n) is 1.74. The van der Waals surface area contributed by atoms with E-state index in [0.717, 1.165) is 23.9 Å². The number of thioether (sulfide) groups is 1. The van der Waals surface area contributed by atoms with Crippen LogP contribution in [0.4, 0.5) is 36.4 Å². The van der Waals surface area contributed by atoms with E-state index in [9.17, 15) is 35.5 Å². The minimum Gasteiger partial charge on any atom is -0.293 e. The van der Waals surface area contributed by atoms with Crippen molar-refractivity contribution in [2.24, 2.45) is 0 Å². The molecule has 140 valence electrons. The van der Waals surface area contributed by atoms with Crippen molar-refractivity contribution in [1.82, 2.24) is 5.43 Å². The summed E-state index contributed by atoms with van der Waals surface area (Å²) in [6, 6.07) is 3.11. The number of hydrazine groups is 1. The Morgan fingerprint density at radius 3 is 2.00 bits per heavy atom. The van der Waals surface area contributed by atoms with Crippen molar-refractivity contribution >= 4 is 23.4 Å². The zero-order valence-electron chi connectivity index (χ0n) is 12.6. The van der Waals surface area contributed by atoms with Gasteiger partial charge in [0.2, 0.25) is 11.7 Å². The second-order valence-corrected chi connectivity index (χ2v) is 5.96. The van der Waals surface area contributed by atoms with Gasteiger partial charge in [-0.25, -0.2) is 30.7 Å². The number of amides is 1. The van der Waals surface area contributed by atoms with E-state index in [1.165, 1.54) is 6.07 Å². The highest BCUT2D eigenvalue weighted by molar-refractivity contribution is 7.99. The van der Waals surface area contributed by atoms with E-state index >= 15 is 0 Å². The van der Waals surface area contributed by atoms with E-state index in [0.29, 0.717) is 4.90 Å². The van der Waals surface area contributed by atoms with Crippen LogP contribution >= 0.6 is 11.8 Å². The molecule has 0 aliphatic carbocycles. The van der Waals surface area contributed by atoms with E-state index in [-0.39, 0.29) is 12.2 Å². The van der Waals surface area contributed by atoms with Crippen molar-refractivity contribution in [3.63, 3.8) is 0 Å². The van der Waals surface area contributed by atoms with Gasteiger partial charge in [-0.2, -0.15) is 0 Å². The quantitative estimate of drug-likeness (QED) is 0.251. The molecule has 2 aromatic rings. The number of hydrogen-bond acceptors (Lipinski definition) is 3. The molecular weight excluding hydrogens is 389 g/mol. The van der Waals surface area contributed by atoms with Gasteiger partial charge in [-0.1, -0.05) is 0 Å². The summed E-state index contributed by atoms with van der Waals surface area (Å²) in [5.74, 6) is -13.7. The van der Waals surface area contributed by atoms with Gasteiger partial charge in [0, 0.05) is 17.1 Å². The predicted octanol–water partition coefficient (Wildman–Crippen LogP) is 4.29. The number of nitrogens with one attached hydrogen (secondary N) is 2. The molecule has 0 fully saturated rings. The second kappa shape index (κ2) is 8.30. The molecule has 0 saturated carbocycles. The maximum atomic E-state index is 13.4. The molecular formula is C15H9F7N2OS. The zero-order chi connectivity index (χ0) is 19.4. The Bertz CT molecular complexity index is 818. The van der Waals surface area contributed by atoms with Crippen LogP contribution in [-0.4, -0.2) is 11.7 Å². The molecule has 0 heterocycles. The van der Waals surface area contributed by atoms with Gasteiger partial charge in [-0.3, -0.25) is 15.6 Å². The summed E-state index contributed by atoms with van der Waals surface area (Å²) in [6.45, 7) is 0. The first kappa shape index (κ1) is 19.9. The number of benzene rings is 2. The first-order chi connectivity index (χ1) is 12.2. The molecule has 26 heavy (non-hydrogen) atoms. The molecule has 3 nitrogen and oxygen atoms in total. The summed E-state index contributed by atoms with van der Waals surface area (Å²) in [4.78, 5) is 11.9. The van der Waals surface area contributed by atoms with Crippen molar-refractivity contribution in [2.45, 2.75) is 11.3 Å². The van der Waals surface area contributed by atoms with Crippen LogP contribution in [0.15, 0.2) is 23.1 Å². The van der Waals surface area contributed by atoms with Crippen LogP contribution < -0.4 is 10.9 Å². The summed E-state index contributed by atoms with van der Waals surface area (Å²) in [5.41, 5.74) is 2.03. The lowest BCUT2D eigenvalue weighted by Crippen LogP contribution is -2.31. The topological polar surface area (TPSA) is 41.1 Å². The van der Waals surface area contributed by atoms with Gasteiger partial charge >= 0.3 is 0 Å². The molecule has 0 bridgehead atoms. The molecule has 2 aromatic carbocycles. The van der Waals surface area contributed by atoms with Gasteiger partial charge in [-0.05, 0) is 18.2 Å². The molecule has 0 saturated heterocycles. The van der Waals surface area contributed by atoms with Crippen LogP contribution in [0.25, 0.3) is 0 Å².